The predicted octanol–water partition coefficient (Wildman–Crippen LogP) is -1.79. The number of ether oxygens (including phenoxy) is 2. The van der Waals surface area contributed by atoms with E-state index in [0.29, 0.717) is 6.61 Å². The van der Waals surface area contributed by atoms with Gasteiger partial charge in [-0.05, 0) is 6.42 Å². The second-order valence-electron chi connectivity index (χ2n) is 3.57. The van der Waals surface area contributed by atoms with E-state index in [0.717, 1.165) is 6.42 Å². The lowest BCUT2D eigenvalue weighted by atomic mass is 9.99. The molecule has 90 valence electrons. The Kier molecular flexibility index (Phi) is 4.91. The van der Waals surface area contributed by atoms with Crippen molar-refractivity contribution in [3.8, 4) is 0 Å². The molecular weight excluding hydrogens is 204 g/mol. The summed E-state index contributed by atoms with van der Waals surface area (Å²) in [5.74, 6) is 0. The summed E-state index contributed by atoms with van der Waals surface area (Å²) in [6.45, 7) is 1.84. The van der Waals surface area contributed by atoms with Crippen molar-refractivity contribution in [3.63, 3.8) is 0 Å². The van der Waals surface area contributed by atoms with E-state index in [1.54, 1.807) is 0 Å². The molecule has 0 aromatic rings. The Morgan fingerprint density at radius 2 is 1.80 bits per heavy atom. The van der Waals surface area contributed by atoms with Gasteiger partial charge >= 0.3 is 0 Å². The maximum absolute atomic E-state index is 9.51. The third-order valence-corrected chi connectivity index (χ3v) is 2.33. The standard InChI is InChI=1S/C9H18O6/c1-2-3-14-9-8(13)7(12)6(11)5(4-10)15-9/h5-13H,2-4H2,1H3/t5-,6-,7+,8-,9+/m1/s1. The van der Waals surface area contributed by atoms with E-state index in [2.05, 4.69) is 0 Å². The van der Waals surface area contributed by atoms with Gasteiger partial charge in [0.1, 0.15) is 24.4 Å². The number of hydrogen-bond donors (Lipinski definition) is 4. The van der Waals surface area contributed by atoms with E-state index >= 15 is 0 Å². The molecule has 1 heterocycles. The molecule has 0 saturated carbocycles. The van der Waals surface area contributed by atoms with Crippen molar-refractivity contribution < 1.29 is 29.9 Å². The molecule has 0 aromatic heterocycles. The summed E-state index contributed by atoms with van der Waals surface area (Å²) in [6, 6.07) is 0. The third-order valence-electron chi connectivity index (χ3n) is 2.33. The Morgan fingerprint density at radius 1 is 1.13 bits per heavy atom. The van der Waals surface area contributed by atoms with Crippen molar-refractivity contribution in [1.29, 1.82) is 0 Å². The molecule has 0 aliphatic carbocycles. The fraction of sp³-hybridized carbons (Fsp3) is 1.00. The van der Waals surface area contributed by atoms with Crippen LogP contribution in [0.1, 0.15) is 13.3 Å². The van der Waals surface area contributed by atoms with Gasteiger partial charge in [0.2, 0.25) is 0 Å². The van der Waals surface area contributed by atoms with E-state index < -0.39 is 37.3 Å². The summed E-state index contributed by atoms with van der Waals surface area (Å²) < 4.78 is 10.2. The maximum Gasteiger partial charge on any atom is 0.186 e. The Balaban J connectivity index is 2.57. The van der Waals surface area contributed by atoms with Crippen molar-refractivity contribution in [2.24, 2.45) is 0 Å². The minimum absolute atomic E-state index is 0.378. The van der Waals surface area contributed by atoms with Gasteiger partial charge in [0.05, 0.1) is 6.61 Å². The van der Waals surface area contributed by atoms with Crippen LogP contribution in [0.3, 0.4) is 0 Å². The first-order valence-electron chi connectivity index (χ1n) is 5.04. The van der Waals surface area contributed by atoms with Gasteiger partial charge in [0.25, 0.3) is 0 Å². The smallest absolute Gasteiger partial charge is 0.186 e. The summed E-state index contributed by atoms with van der Waals surface area (Å²) in [5.41, 5.74) is 0. The highest BCUT2D eigenvalue weighted by molar-refractivity contribution is 4.88. The van der Waals surface area contributed by atoms with Crippen molar-refractivity contribution in [3.05, 3.63) is 0 Å². The van der Waals surface area contributed by atoms with Crippen LogP contribution in [0.2, 0.25) is 0 Å². The molecule has 6 heteroatoms. The van der Waals surface area contributed by atoms with Gasteiger partial charge in [-0.15, -0.1) is 0 Å². The Morgan fingerprint density at radius 3 is 2.33 bits per heavy atom. The summed E-state index contributed by atoms with van der Waals surface area (Å²) in [5, 5.41) is 37.2. The van der Waals surface area contributed by atoms with E-state index in [-0.39, 0.29) is 0 Å². The monoisotopic (exact) mass is 222 g/mol. The van der Waals surface area contributed by atoms with Crippen LogP contribution < -0.4 is 0 Å². The third kappa shape index (κ3) is 2.87. The van der Waals surface area contributed by atoms with Crippen LogP contribution in [0.4, 0.5) is 0 Å². The molecule has 5 atom stereocenters. The highest BCUT2D eigenvalue weighted by Gasteiger charge is 2.43. The van der Waals surface area contributed by atoms with Crippen LogP contribution >= 0.6 is 0 Å². The lowest BCUT2D eigenvalue weighted by Gasteiger charge is -2.39. The molecule has 15 heavy (non-hydrogen) atoms. The molecule has 0 spiro atoms. The zero-order chi connectivity index (χ0) is 11.4. The van der Waals surface area contributed by atoms with Gasteiger partial charge in [-0.1, -0.05) is 6.92 Å². The van der Waals surface area contributed by atoms with Gasteiger partial charge < -0.3 is 29.9 Å². The zero-order valence-electron chi connectivity index (χ0n) is 8.61. The highest BCUT2D eigenvalue weighted by Crippen LogP contribution is 2.21. The first kappa shape index (κ1) is 12.8. The molecule has 6 nitrogen and oxygen atoms in total. The lowest BCUT2D eigenvalue weighted by Crippen LogP contribution is -2.59. The minimum Gasteiger partial charge on any atom is -0.394 e. The van der Waals surface area contributed by atoms with E-state index in [4.69, 9.17) is 14.6 Å². The molecule has 1 aliphatic rings. The van der Waals surface area contributed by atoms with Crippen LogP contribution in [0.5, 0.6) is 0 Å². The van der Waals surface area contributed by atoms with Gasteiger partial charge in [0.15, 0.2) is 6.29 Å². The molecule has 0 aromatic carbocycles. The molecule has 0 amide bonds. The molecule has 1 saturated heterocycles. The lowest BCUT2D eigenvalue weighted by molar-refractivity contribution is -0.300. The Bertz CT molecular complexity index is 185. The molecule has 4 N–H and O–H groups in total. The molecule has 1 fully saturated rings. The summed E-state index contributed by atoms with van der Waals surface area (Å²) in [7, 11) is 0. The zero-order valence-corrected chi connectivity index (χ0v) is 8.61. The van der Waals surface area contributed by atoms with Crippen LogP contribution in [0.15, 0.2) is 0 Å². The quantitative estimate of drug-likeness (QED) is 0.448. The molecule has 0 bridgehead atoms. The number of aliphatic hydroxyl groups is 4. The van der Waals surface area contributed by atoms with Crippen molar-refractivity contribution in [2.75, 3.05) is 13.2 Å². The number of aliphatic hydroxyl groups excluding tert-OH is 4. The van der Waals surface area contributed by atoms with Crippen LogP contribution in [0, 0.1) is 0 Å². The van der Waals surface area contributed by atoms with E-state index in [9.17, 15) is 15.3 Å². The van der Waals surface area contributed by atoms with Gasteiger partial charge in [-0.2, -0.15) is 0 Å². The molecule has 0 radical (unpaired) electrons. The minimum atomic E-state index is -1.36. The number of hydrogen-bond acceptors (Lipinski definition) is 6. The summed E-state index contributed by atoms with van der Waals surface area (Å²) in [4.78, 5) is 0. The van der Waals surface area contributed by atoms with Crippen molar-refractivity contribution in [1.82, 2.24) is 0 Å². The second kappa shape index (κ2) is 5.74. The van der Waals surface area contributed by atoms with E-state index in [1.165, 1.54) is 0 Å². The van der Waals surface area contributed by atoms with Crippen LogP contribution in [-0.4, -0.2) is 64.3 Å². The van der Waals surface area contributed by atoms with Crippen LogP contribution in [-0.2, 0) is 9.47 Å². The fourth-order valence-electron chi connectivity index (χ4n) is 1.44. The number of rotatable bonds is 4. The van der Waals surface area contributed by atoms with Gasteiger partial charge in [-0.3, -0.25) is 0 Å². The van der Waals surface area contributed by atoms with Crippen molar-refractivity contribution >= 4 is 0 Å². The SMILES string of the molecule is CCCO[C@H]1O[C@H](CO)[C@@H](O)[C@H](O)[C@H]1O. The predicted molar refractivity (Wildman–Crippen MR) is 50.0 cm³/mol. The van der Waals surface area contributed by atoms with Gasteiger partial charge in [-0.25, -0.2) is 0 Å². The largest absolute Gasteiger partial charge is 0.394 e. The molecule has 1 rings (SSSR count). The van der Waals surface area contributed by atoms with E-state index in [1.807, 2.05) is 6.92 Å². The molecular formula is C9H18O6. The first-order valence-corrected chi connectivity index (χ1v) is 5.04. The Labute approximate surface area is 88.1 Å². The summed E-state index contributed by atoms with van der Waals surface area (Å²) >= 11 is 0. The maximum atomic E-state index is 9.51. The molecule has 1 aliphatic heterocycles. The fourth-order valence-corrected chi connectivity index (χ4v) is 1.44. The average molecular weight is 222 g/mol. The van der Waals surface area contributed by atoms with Crippen molar-refractivity contribution in [2.45, 2.75) is 44.1 Å². The topological polar surface area (TPSA) is 99.4 Å². The average Bonchev–Trinajstić information content (AvgIpc) is 2.25. The second-order valence-corrected chi connectivity index (χ2v) is 3.57. The van der Waals surface area contributed by atoms with Crippen LogP contribution in [0.25, 0.3) is 0 Å². The highest BCUT2D eigenvalue weighted by atomic mass is 16.7. The van der Waals surface area contributed by atoms with Gasteiger partial charge in [0, 0.05) is 6.61 Å². The Hall–Kier alpha value is -0.240. The normalized spacial score (nSPS) is 41.8. The molecule has 0 unspecified atom stereocenters. The summed E-state index contributed by atoms with van der Waals surface area (Å²) in [6.07, 6.45) is -5.14. The first-order chi connectivity index (χ1) is 7.11.